The van der Waals surface area contributed by atoms with Crippen LogP contribution in [-0.2, 0) is 28.5 Å². The smallest absolute Gasteiger partial charge is 0.303 e. The van der Waals surface area contributed by atoms with Crippen LogP contribution >= 0.6 is 0 Å². The van der Waals surface area contributed by atoms with E-state index in [0.717, 1.165) is 0 Å². The summed E-state index contributed by atoms with van der Waals surface area (Å²) in [5.41, 5.74) is 1.09. The first-order valence-electron chi connectivity index (χ1n) is 13.7. The van der Waals surface area contributed by atoms with Gasteiger partial charge in [0.15, 0.2) is 0 Å². The molecule has 234 valence electrons. The summed E-state index contributed by atoms with van der Waals surface area (Å²) < 4.78 is 21.0. The molecule has 0 aliphatic carbocycles. The van der Waals surface area contributed by atoms with Crippen molar-refractivity contribution in [3.8, 4) is 0 Å². The third-order valence-corrected chi connectivity index (χ3v) is 7.75. The number of morpholine rings is 1. The second kappa shape index (κ2) is 11.9. The molecule has 13 heteroatoms. The number of nitrogens with one attached hydrogen (secondary N) is 2. The van der Waals surface area contributed by atoms with Gasteiger partial charge in [0.1, 0.15) is 11.9 Å². The fourth-order valence-electron chi connectivity index (χ4n) is 5.67. The zero-order valence-electron chi connectivity index (χ0n) is 24.3. The molecule has 0 saturated carbocycles. The first-order valence-corrected chi connectivity index (χ1v) is 13.7. The minimum Gasteiger partial charge on any atom is -0.373 e. The van der Waals surface area contributed by atoms with Gasteiger partial charge in [-0.3, -0.25) is 9.69 Å². The Bertz CT molecular complexity index is 1390. The van der Waals surface area contributed by atoms with E-state index in [0.29, 0.717) is 36.3 Å². The molecule has 2 aromatic carbocycles. The lowest BCUT2D eigenvalue weighted by Gasteiger charge is -2.48. The van der Waals surface area contributed by atoms with Crippen LogP contribution in [0.2, 0.25) is 0 Å². The minimum absolute atomic E-state index is 0.0380. The standard InChI is InChI=1S/C30H39FN4O8/c1-6-35(26-20(5)32-27(36)29(39,40)28(26,37)38)16-22-17(2)8-7-9-25(22)33-30(41,42)23-11-10-21(12-24(23)31)15-34-13-18(3)43-19(4)14-34/h6-12,18-19,26,33,37-42H,1,5,13-16H2,2-4H3,(H,32,36). The van der Waals surface area contributed by atoms with E-state index in [1.807, 2.05) is 13.8 Å². The number of benzene rings is 2. The first-order chi connectivity index (χ1) is 20.0. The zero-order valence-corrected chi connectivity index (χ0v) is 24.3. The van der Waals surface area contributed by atoms with Crippen molar-refractivity contribution in [3.05, 3.63) is 89.5 Å². The summed E-state index contributed by atoms with van der Waals surface area (Å²) in [6.07, 6.45) is 1.24. The number of hydrogen-bond donors (Lipinski definition) is 8. The monoisotopic (exact) mass is 602 g/mol. The molecular weight excluding hydrogens is 563 g/mol. The van der Waals surface area contributed by atoms with E-state index in [1.54, 1.807) is 25.1 Å². The molecule has 4 rings (SSSR count). The third-order valence-electron chi connectivity index (χ3n) is 7.75. The zero-order chi connectivity index (χ0) is 31.9. The van der Waals surface area contributed by atoms with Crippen LogP contribution in [0.1, 0.15) is 36.1 Å². The lowest BCUT2D eigenvalue weighted by molar-refractivity contribution is -0.357. The van der Waals surface area contributed by atoms with Gasteiger partial charge in [0, 0.05) is 37.6 Å². The van der Waals surface area contributed by atoms with Crippen molar-refractivity contribution in [1.82, 2.24) is 15.1 Å². The predicted octanol–water partition coefficient (Wildman–Crippen LogP) is 0.270. The molecule has 0 aromatic heterocycles. The SMILES string of the molecule is C=CN(Cc1c(C)cccc1NC(O)(O)c1ccc(CN2CC(C)OC(C)C2)cc1F)C1C(=C)NC(=O)C(O)(O)C1(O)O. The molecular formula is C30H39FN4O8. The van der Waals surface area contributed by atoms with Crippen LogP contribution in [0.3, 0.4) is 0 Å². The summed E-state index contributed by atoms with van der Waals surface area (Å²) in [6, 6.07) is 7.30. The number of rotatable bonds is 9. The molecule has 0 radical (unpaired) electrons. The maximum atomic E-state index is 15.3. The van der Waals surface area contributed by atoms with Crippen LogP contribution in [-0.4, -0.2) is 89.3 Å². The van der Waals surface area contributed by atoms with Crippen LogP contribution in [0.5, 0.6) is 0 Å². The summed E-state index contributed by atoms with van der Waals surface area (Å²) >= 11 is 0. The molecule has 43 heavy (non-hydrogen) atoms. The Hall–Kier alpha value is -3.40. The Morgan fingerprint density at radius 3 is 2.44 bits per heavy atom. The number of halogens is 1. The van der Waals surface area contributed by atoms with Crippen molar-refractivity contribution >= 4 is 11.6 Å². The average Bonchev–Trinajstić information content (AvgIpc) is 2.88. The average molecular weight is 603 g/mol. The Morgan fingerprint density at radius 1 is 1.19 bits per heavy atom. The van der Waals surface area contributed by atoms with Gasteiger partial charge in [-0.25, -0.2) is 4.39 Å². The molecule has 1 amide bonds. The van der Waals surface area contributed by atoms with Crippen LogP contribution in [0.15, 0.2) is 61.5 Å². The summed E-state index contributed by atoms with van der Waals surface area (Å²) in [5.74, 6) is -12.2. The highest BCUT2D eigenvalue weighted by molar-refractivity contribution is 5.87. The van der Waals surface area contributed by atoms with Gasteiger partial charge in [0.2, 0.25) is 0 Å². The molecule has 2 fully saturated rings. The van der Waals surface area contributed by atoms with E-state index in [9.17, 15) is 35.4 Å². The largest absolute Gasteiger partial charge is 0.373 e. The van der Waals surface area contributed by atoms with Gasteiger partial charge >= 0.3 is 5.79 Å². The number of nitrogens with zero attached hydrogens (tertiary/aromatic N) is 2. The minimum atomic E-state index is -3.58. The highest BCUT2D eigenvalue weighted by Crippen LogP contribution is 2.36. The molecule has 3 unspecified atom stereocenters. The van der Waals surface area contributed by atoms with Gasteiger partial charge in [-0.2, -0.15) is 0 Å². The number of hydrogen-bond acceptors (Lipinski definition) is 11. The van der Waals surface area contributed by atoms with Gasteiger partial charge < -0.3 is 50.9 Å². The number of carbonyl (C=O) groups excluding carboxylic acids is 1. The van der Waals surface area contributed by atoms with Crippen molar-refractivity contribution in [3.63, 3.8) is 0 Å². The lowest BCUT2D eigenvalue weighted by atomic mass is 9.88. The van der Waals surface area contributed by atoms with Crippen LogP contribution in [0.4, 0.5) is 10.1 Å². The Morgan fingerprint density at radius 2 is 1.84 bits per heavy atom. The number of ether oxygens (including phenoxy) is 1. The van der Waals surface area contributed by atoms with Crippen molar-refractivity contribution in [2.24, 2.45) is 0 Å². The molecule has 12 nitrogen and oxygen atoms in total. The topological polar surface area (TPSA) is 178 Å². The summed E-state index contributed by atoms with van der Waals surface area (Å²) in [6.45, 7) is 14.5. The van der Waals surface area contributed by atoms with Crippen molar-refractivity contribution in [2.45, 2.75) is 69.6 Å². The third kappa shape index (κ3) is 6.44. The van der Waals surface area contributed by atoms with Gasteiger partial charge in [-0.1, -0.05) is 31.4 Å². The van der Waals surface area contributed by atoms with E-state index in [1.165, 1.54) is 29.3 Å². The fourth-order valence-corrected chi connectivity index (χ4v) is 5.67. The number of aryl methyl sites for hydroxylation is 1. The van der Waals surface area contributed by atoms with E-state index < -0.39 is 40.8 Å². The highest BCUT2D eigenvalue weighted by Gasteiger charge is 2.63. The number of carbonyl (C=O) groups is 1. The maximum absolute atomic E-state index is 15.3. The molecule has 3 atom stereocenters. The maximum Gasteiger partial charge on any atom is 0.303 e. The van der Waals surface area contributed by atoms with Crippen molar-refractivity contribution in [2.75, 3.05) is 18.4 Å². The lowest BCUT2D eigenvalue weighted by Crippen LogP contribution is -2.75. The van der Waals surface area contributed by atoms with E-state index in [2.05, 4.69) is 28.7 Å². The van der Waals surface area contributed by atoms with Gasteiger partial charge in [-0.15, -0.1) is 0 Å². The van der Waals surface area contributed by atoms with Crippen LogP contribution in [0.25, 0.3) is 0 Å². The Labute approximate surface area is 248 Å². The second-order valence-corrected chi connectivity index (χ2v) is 11.3. The van der Waals surface area contributed by atoms with Gasteiger partial charge in [0.25, 0.3) is 17.6 Å². The second-order valence-electron chi connectivity index (χ2n) is 11.3. The molecule has 0 spiro atoms. The molecule has 2 aliphatic heterocycles. The highest BCUT2D eigenvalue weighted by atomic mass is 19.1. The Balaban J connectivity index is 1.58. The number of amides is 1. The van der Waals surface area contributed by atoms with Crippen molar-refractivity contribution < 1.29 is 44.6 Å². The summed E-state index contributed by atoms with van der Waals surface area (Å²) in [4.78, 5) is 15.3. The number of aliphatic hydroxyl groups is 6. The van der Waals surface area contributed by atoms with Crippen LogP contribution < -0.4 is 10.6 Å². The normalized spacial score (nSPS) is 23.9. The van der Waals surface area contributed by atoms with Crippen LogP contribution in [0, 0.1) is 12.7 Å². The molecule has 0 bridgehead atoms. The first kappa shape index (κ1) is 32.5. The number of piperidine rings is 1. The molecule has 8 N–H and O–H groups in total. The molecule has 2 aliphatic rings. The number of anilines is 1. The summed E-state index contributed by atoms with van der Waals surface area (Å²) in [5, 5.41) is 68.2. The van der Waals surface area contributed by atoms with E-state index in [-0.39, 0.29) is 30.1 Å². The van der Waals surface area contributed by atoms with Gasteiger partial charge in [0.05, 0.1) is 17.8 Å². The Kier molecular flexibility index (Phi) is 9.03. The molecule has 2 aromatic rings. The van der Waals surface area contributed by atoms with Gasteiger partial charge in [-0.05, 0) is 61.9 Å². The van der Waals surface area contributed by atoms with E-state index in [4.69, 9.17) is 4.74 Å². The van der Waals surface area contributed by atoms with Crippen molar-refractivity contribution in [1.29, 1.82) is 0 Å². The quantitative estimate of drug-likeness (QED) is 0.185. The fraction of sp³-hybridized carbons (Fsp3) is 0.433. The molecule has 2 heterocycles. The molecule has 2 saturated heterocycles. The summed E-state index contributed by atoms with van der Waals surface area (Å²) in [7, 11) is 0. The van der Waals surface area contributed by atoms with E-state index >= 15 is 4.39 Å². The predicted molar refractivity (Wildman–Crippen MR) is 154 cm³/mol.